The number of amides is 1. The fraction of sp³-hybridized carbons (Fsp3) is 0.379. The molecule has 0 bridgehead atoms. The van der Waals surface area contributed by atoms with E-state index in [1.807, 2.05) is 49.0 Å². The molecule has 0 spiro atoms. The number of nitrogens with zero attached hydrogens (tertiary/aromatic N) is 2. The highest BCUT2D eigenvalue weighted by molar-refractivity contribution is 5.95. The lowest BCUT2D eigenvalue weighted by atomic mass is 9.65. The zero-order chi connectivity index (χ0) is 24.8. The molecule has 2 aliphatic rings. The van der Waals surface area contributed by atoms with Crippen molar-refractivity contribution in [2.45, 2.75) is 64.5 Å². The minimum atomic E-state index is -0.879. The summed E-state index contributed by atoms with van der Waals surface area (Å²) in [5.74, 6) is -0.346. The molecule has 0 aliphatic heterocycles. The van der Waals surface area contributed by atoms with E-state index in [2.05, 4.69) is 23.4 Å². The Bertz CT molecular complexity index is 1290. The van der Waals surface area contributed by atoms with Crippen LogP contribution in [0.2, 0.25) is 0 Å². The fourth-order valence-corrected chi connectivity index (χ4v) is 5.76. The van der Waals surface area contributed by atoms with Crippen molar-refractivity contribution in [3.63, 3.8) is 0 Å². The van der Waals surface area contributed by atoms with Gasteiger partial charge in [0.2, 0.25) is 0 Å². The minimum Gasteiger partial charge on any atom is -0.389 e. The first-order valence-electron chi connectivity index (χ1n) is 12.4. The van der Waals surface area contributed by atoms with E-state index in [9.17, 15) is 14.3 Å². The molecule has 182 valence electrons. The number of carbonyl (C=O) groups excluding carboxylic acids is 1. The van der Waals surface area contributed by atoms with E-state index in [-0.39, 0.29) is 17.8 Å². The monoisotopic (exact) mass is 473 g/mol. The summed E-state index contributed by atoms with van der Waals surface area (Å²) in [6, 6.07) is 14.1. The van der Waals surface area contributed by atoms with Crippen LogP contribution in [0.3, 0.4) is 0 Å². The number of halogens is 1. The van der Waals surface area contributed by atoms with Crippen molar-refractivity contribution in [1.82, 2.24) is 15.1 Å². The molecule has 1 saturated carbocycles. The number of aromatic nitrogens is 2. The Morgan fingerprint density at radius 3 is 2.69 bits per heavy atom. The van der Waals surface area contributed by atoms with Gasteiger partial charge in [0.25, 0.3) is 5.91 Å². The van der Waals surface area contributed by atoms with Crippen LogP contribution >= 0.6 is 0 Å². The first kappa shape index (κ1) is 23.5. The van der Waals surface area contributed by atoms with Crippen molar-refractivity contribution >= 4 is 12.0 Å². The number of aryl methyl sites for hydroxylation is 1. The van der Waals surface area contributed by atoms with Crippen LogP contribution in [0.1, 0.15) is 67.2 Å². The molecular weight excluding hydrogens is 441 g/mol. The van der Waals surface area contributed by atoms with Gasteiger partial charge in [0, 0.05) is 17.0 Å². The number of nitrogens with one attached hydrogen (secondary N) is 1. The van der Waals surface area contributed by atoms with Gasteiger partial charge in [-0.05, 0) is 93.5 Å². The number of fused-ring (bicyclic) bond motifs is 2. The van der Waals surface area contributed by atoms with E-state index in [1.165, 1.54) is 17.7 Å². The van der Waals surface area contributed by atoms with Crippen LogP contribution in [-0.4, -0.2) is 32.4 Å². The molecule has 1 amide bonds. The summed E-state index contributed by atoms with van der Waals surface area (Å²) in [6.07, 6.45) is 7.43. The van der Waals surface area contributed by atoms with Crippen molar-refractivity contribution in [2.24, 2.45) is 5.41 Å². The smallest absolute Gasteiger partial charge is 0.251 e. The zero-order valence-corrected chi connectivity index (χ0v) is 20.5. The van der Waals surface area contributed by atoms with E-state index in [1.54, 1.807) is 12.1 Å². The number of aliphatic hydroxyl groups is 1. The Hall–Kier alpha value is -3.25. The summed E-state index contributed by atoms with van der Waals surface area (Å²) in [5, 5.41) is 19.5. The van der Waals surface area contributed by atoms with E-state index < -0.39 is 11.0 Å². The lowest BCUT2D eigenvalue weighted by Gasteiger charge is -2.42. The Labute approximate surface area is 205 Å². The van der Waals surface area contributed by atoms with Crippen molar-refractivity contribution in [3.05, 3.63) is 88.5 Å². The highest BCUT2D eigenvalue weighted by Crippen LogP contribution is 2.56. The topological polar surface area (TPSA) is 67.2 Å². The molecule has 2 atom stereocenters. The summed E-state index contributed by atoms with van der Waals surface area (Å²) in [7, 11) is 0. The maximum absolute atomic E-state index is 13.4. The minimum absolute atomic E-state index is 0.0634. The molecule has 2 aromatic carbocycles. The average Bonchev–Trinajstić information content (AvgIpc) is 3.34. The van der Waals surface area contributed by atoms with Gasteiger partial charge in [-0.15, -0.1) is 0 Å². The van der Waals surface area contributed by atoms with E-state index in [0.29, 0.717) is 31.2 Å². The number of benzene rings is 2. The standard InChI is InChI=1S/C29H32FN3O2/c1-19(2)32-27(34)25-7-5-4-6-20(25)12-14-29(35)15-13-22-16-26-21(17-28(22,29)3)18-31-33(26)24-10-8-23(30)9-11-24/h4-11,16,18-19,35H,12-15,17H2,1-3H3,(H,32,34)/t28-,29-/m0/s1. The fourth-order valence-electron chi connectivity index (χ4n) is 5.76. The highest BCUT2D eigenvalue weighted by Gasteiger charge is 2.54. The van der Waals surface area contributed by atoms with Gasteiger partial charge in [0.05, 0.1) is 23.2 Å². The largest absolute Gasteiger partial charge is 0.389 e. The molecule has 0 saturated heterocycles. The number of rotatable bonds is 6. The second-order valence-electron chi connectivity index (χ2n) is 10.4. The molecule has 0 unspecified atom stereocenters. The molecule has 1 aromatic heterocycles. The molecule has 2 N–H and O–H groups in total. The highest BCUT2D eigenvalue weighted by atomic mass is 19.1. The third-order valence-corrected chi connectivity index (χ3v) is 7.85. The predicted octanol–water partition coefficient (Wildman–Crippen LogP) is 5.25. The van der Waals surface area contributed by atoms with Crippen molar-refractivity contribution in [1.29, 1.82) is 0 Å². The molecule has 5 rings (SSSR count). The van der Waals surface area contributed by atoms with Crippen molar-refractivity contribution in [2.75, 3.05) is 0 Å². The van der Waals surface area contributed by atoms with Crippen LogP contribution in [0.4, 0.5) is 4.39 Å². The molecule has 3 aromatic rings. The van der Waals surface area contributed by atoms with Gasteiger partial charge in [0.15, 0.2) is 0 Å². The quantitative estimate of drug-likeness (QED) is 0.514. The maximum Gasteiger partial charge on any atom is 0.251 e. The van der Waals surface area contributed by atoms with Gasteiger partial charge in [-0.2, -0.15) is 5.10 Å². The van der Waals surface area contributed by atoms with Crippen molar-refractivity contribution < 1.29 is 14.3 Å². The molecule has 0 radical (unpaired) electrons. The van der Waals surface area contributed by atoms with E-state index in [0.717, 1.165) is 28.9 Å². The van der Waals surface area contributed by atoms with E-state index in [4.69, 9.17) is 0 Å². The number of hydrogen-bond acceptors (Lipinski definition) is 3. The third-order valence-electron chi connectivity index (χ3n) is 7.85. The lowest BCUT2D eigenvalue weighted by Crippen LogP contribution is -2.45. The number of carbonyl (C=O) groups is 1. The molecule has 1 fully saturated rings. The number of hydrogen-bond donors (Lipinski definition) is 2. The van der Waals surface area contributed by atoms with Crippen LogP contribution < -0.4 is 5.32 Å². The van der Waals surface area contributed by atoms with Gasteiger partial charge in [-0.25, -0.2) is 9.07 Å². The van der Waals surface area contributed by atoms with Gasteiger partial charge in [0.1, 0.15) is 5.82 Å². The molecular formula is C29H32FN3O2. The second-order valence-corrected chi connectivity index (χ2v) is 10.4. The summed E-state index contributed by atoms with van der Waals surface area (Å²) in [4.78, 5) is 12.7. The maximum atomic E-state index is 13.4. The van der Waals surface area contributed by atoms with Crippen molar-refractivity contribution in [3.8, 4) is 5.69 Å². The molecule has 2 aliphatic carbocycles. The Morgan fingerprint density at radius 1 is 1.20 bits per heavy atom. The zero-order valence-electron chi connectivity index (χ0n) is 20.5. The SMILES string of the molecule is CC(C)NC(=O)c1ccccc1CC[C@]1(O)CCC2=Cc3c(cnn3-c3ccc(F)cc3)C[C@@]21C. The predicted molar refractivity (Wildman–Crippen MR) is 135 cm³/mol. The summed E-state index contributed by atoms with van der Waals surface area (Å²) >= 11 is 0. The van der Waals surface area contributed by atoms with E-state index >= 15 is 0 Å². The molecule has 6 heteroatoms. The first-order chi connectivity index (χ1) is 16.7. The van der Waals surface area contributed by atoms with Crippen LogP contribution in [-0.2, 0) is 12.8 Å². The van der Waals surface area contributed by atoms with Gasteiger partial charge in [-0.3, -0.25) is 4.79 Å². The molecule has 35 heavy (non-hydrogen) atoms. The summed E-state index contributed by atoms with van der Waals surface area (Å²) in [5.41, 5.74) is 4.49. The van der Waals surface area contributed by atoms with Crippen LogP contribution in [0.5, 0.6) is 0 Å². The summed E-state index contributed by atoms with van der Waals surface area (Å²) < 4.78 is 15.3. The summed E-state index contributed by atoms with van der Waals surface area (Å²) in [6.45, 7) is 6.05. The van der Waals surface area contributed by atoms with Crippen LogP contribution in [0.15, 0.2) is 60.3 Å². The third kappa shape index (κ3) is 4.10. The van der Waals surface area contributed by atoms with Crippen LogP contribution in [0.25, 0.3) is 11.8 Å². The Morgan fingerprint density at radius 2 is 1.94 bits per heavy atom. The van der Waals surface area contributed by atoms with Crippen LogP contribution in [0, 0.1) is 11.2 Å². The van der Waals surface area contributed by atoms with Gasteiger partial charge in [-0.1, -0.05) is 30.7 Å². The normalized spacial score (nSPS) is 23.1. The Kier molecular flexibility index (Phi) is 5.88. The average molecular weight is 474 g/mol. The van der Waals surface area contributed by atoms with Gasteiger partial charge < -0.3 is 10.4 Å². The molecule has 1 heterocycles. The second kappa shape index (κ2) is 8.76. The van der Waals surface area contributed by atoms with Gasteiger partial charge >= 0.3 is 0 Å². The Balaban J connectivity index is 1.39. The first-order valence-corrected chi connectivity index (χ1v) is 12.4. The lowest BCUT2D eigenvalue weighted by molar-refractivity contribution is -0.0461. The molecule has 5 nitrogen and oxygen atoms in total.